The van der Waals surface area contributed by atoms with Gasteiger partial charge in [0, 0.05) is 17.3 Å². The van der Waals surface area contributed by atoms with Gasteiger partial charge in [-0.15, -0.1) is 10.2 Å². The normalized spacial score (nSPS) is 15.8. The summed E-state index contributed by atoms with van der Waals surface area (Å²) in [5.41, 5.74) is 4.33. The van der Waals surface area contributed by atoms with Gasteiger partial charge in [-0.2, -0.15) is 0 Å². The number of halogens is 1. The molecule has 4 rings (SSSR count). The monoisotopic (exact) mass is 267 g/mol. The standard InChI is InChI=1S/C15H10ClN3/c16-15(17-18-15)12-5-3-4-11(10-12)14-8-7-13-6-1-2-9-19(13)14/h1-10H. The van der Waals surface area contributed by atoms with Gasteiger partial charge in [-0.05, 0) is 35.9 Å². The molecule has 0 bridgehead atoms. The average Bonchev–Trinajstić information content (AvgIpc) is 3.06. The quantitative estimate of drug-likeness (QED) is 0.486. The van der Waals surface area contributed by atoms with E-state index >= 15 is 0 Å². The van der Waals surface area contributed by atoms with Crippen LogP contribution in [0.25, 0.3) is 16.8 Å². The van der Waals surface area contributed by atoms with Crippen LogP contribution in [-0.2, 0) is 5.12 Å². The highest BCUT2D eigenvalue weighted by Crippen LogP contribution is 2.44. The van der Waals surface area contributed by atoms with E-state index in [2.05, 4.69) is 45.1 Å². The van der Waals surface area contributed by atoms with Crippen molar-refractivity contribution in [3.8, 4) is 11.3 Å². The third-order valence-electron chi connectivity index (χ3n) is 3.36. The minimum Gasteiger partial charge on any atom is -0.317 e. The van der Waals surface area contributed by atoms with Crippen LogP contribution >= 0.6 is 11.6 Å². The Kier molecular flexibility index (Phi) is 2.09. The lowest BCUT2D eigenvalue weighted by Gasteiger charge is -2.07. The molecule has 1 aromatic carbocycles. The smallest absolute Gasteiger partial charge is 0.289 e. The van der Waals surface area contributed by atoms with Gasteiger partial charge >= 0.3 is 0 Å². The maximum Gasteiger partial charge on any atom is 0.289 e. The summed E-state index contributed by atoms with van der Waals surface area (Å²) in [6.07, 6.45) is 2.06. The zero-order valence-electron chi connectivity index (χ0n) is 9.99. The number of hydrogen-bond acceptors (Lipinski definition) is 2. The average molecular weight is 268 g/mol. The third kappa shape index (κ3) is 1.66. The van der Waals surface area contributed by atoms with Gasteiger partial charge < -0.3 is 4.40 Å². The summed E-state index contributed by atoms with van der Waals surface area (Å²) in [7, 11) is 0. The minimum absolute atomic E-state index is 0.844. The Bertz CT molecular complexity index is 798. The Hall–Kier alpha value is -2.13. The molecule has 4 heteroatoms. The molecule has 0 unspecified atom stereocenters. The van der Waals surface area contributed by atoms with E-state index in [1.54, 1.807) is 0 Å². The molecule has 0 amide bonds. The zero-order valence-corrected chi connectivity index (χ0v) is 10.7. The van der Waals surface area contributed by atoms with E-state index in [4.69, 9.17) is 11.6 Å². The summed E-state index contributed by atoms with van der Waals surface area (Å²) in [5, 5.41) is 6.90. The van der Waals surface area contributed by atoms with Gasteiger partial charge in [0.25, 0.3) is 5.12 Å². The van der Waals surface area contributed by atoms with Crippen molar-refractivity contribution in [2.24, 2.45) is 10.2 Å². The van der Waals surface area contributed by atoms with Crippen molar-refractivity contribution >= 4 is 17.1 Å². The molecule has 0 radical (unpaired) electrons. The van der Waals surface area contributed by atoms with Crippen molar-refractivity contribution in [1.29, 1.82) is 0 Å². The molecule has 2 aromatic heterocycles. The Morgan fingerprint density at radius 3 is 2.68 bits per heavy atom. The van der Waals surface area contributed by atoms with Crippen LogP contribution in [0.15, 0.2) is 71.0 Å². The van der Waals surface area contributed by atoms with Gasteiger partial charge in [0.15, 0.2) is 0 Å². The van der Waals surface area contributed by atoms with E-state index < -0.39 is 5.12 Å². The second kappa shape index (κ2) is 3.68. The largest absolute Gasteiger partial charge is 0.317 e. The molecular formula is C15H10ClN3. The number of aromatic nitrogens is 1. The number of fused-ring (bicyclic) bond motifs is 1. The number of alkyl halides is 1. The molecule has 3 heterocycles. The fourth-order valence-electron chi connectivity index (χ4n) is 2.33. The summed E-state index contributed by atoms with van der Waals surface area (Å²) in [4.78, 5) is 0. The predicted molar refractivity (Wildman–Crippen MR) is 75.2 cm³/mol. The maximum absolute atomic E-state index is 6.18. The van der Waals surface area contributed by atoms with Crippen LogP contribution in [0.5, 0.6) is 0 Å². The van der Waals surface area contributed by atoms with Gasteiger partial charge in [0.1, 0.15) is 0 Å². The van der Waals surface area contributed by atoms with Crippen LogP contribution in [0.1, 0.15) is 5.56 Å². The van der Waals surface area contributed by atoms with E-state index in [0.29, 0.717) is 0 Å². The Labute approximate surface area is 115 Å². The number of benzene rings is 1. The van der Waals surface area contributed by atoms with Gasteiger partial charge in [-0.25, -0.2) is 0 Å². The van der Waals surface area contributed by atoms with E-state index in [9.17, 15) is 0 Å². The molecule has 1 aliphatic heterocycles. The molecule has 0 fully saturated rings. The first-order valence-corrected chi connectivity index (χ1v) is 6.44. The molecule has 0 spiro atoms. The van der Waals surface area contributed by atoms with Crippen molar-refractivity contribution in [3.05, 3.63) is 66.4 Å². The maximum atomic E-state index is 6.18. The van der Waals surface area contributed by atoms with Gasteiger partial charge in [0.05, 0.1) is 5.69 Å². The van der Waals surface area contributed by atoms with E-state index in [1.807, 2.05) is 30.3 Å². The highest BCUT2D eigenvalue weighted by Gasteiger charge is 2.39. The first kappa shape index (κ1) is 10.8. The first-order valence-electron chi connectivity index (χ1n) is 6.06. The lowest BCUT2D eigenvalue weighted by Crippen LogP contribution is -1.98. The van der Waals surface area contributed by atoms with Crippen molar-refractivity contribution in [2.75, 3.05) is 0 Å². The van der Waals surface area contributed by atoms with Crippen LogP contribution in [0, 0.1) is 0 Å². The molecule has 3 aromatic rings. The molecule has 0 aliphatic carbocycles. The van der Waals surface area contributed by atoms with E-state index in [-0.39, 0.29) is 0 Å². The fraction of sp³-hybridized carbons (Fsp3) is 0.0667. The number of hydrogen-bond donors (Lipinski definition) is 0. The summed E-state index contributed by atoms with van der Waals surface area (Å²) in [6.45, 7) is 0. The summed E-state index contributed by atoms with van der Waals surface area (Å²) in [6, 6.07) is 18.4. The van der Waals surface area contributed by atoms with Crippen LogP contribution in [0.3, 0.4) is 0 Å². The molecule has 0 saturated heterocycles. The van der Waals surface area contributed by atoms with Gasteiger partial charge in [-0.1, -0.05) is 35.9 Å². The highest BCUT2D eigenvalue weighted by atomic mass is 35.5. The van der Waals surface area contributed by atoms with Crippen LogP contribution in [-0.4, -0.2) is 4.40 Å². The van der Waals surface area contributed by atoms with Crippen LogP contribution in [0.2, 0.25) is 0 Å². The van der Waals surface area contributed by atoms with E-state index in [1.165, 1.54) is 5.52 Å². The Balaban J connectivity index is 1.88. The van der Waals surface area contributed by atoms with Crippen LogP contribution in [0.4, 0.5) is 0 Å². The number of nitrogens with zero attached hydrogens (tertiary/aromatic N) is 3. The van der Waals surface area contributed by atoms with Crippen molar-refractivity contribution in [1.82, 2.24) is 4.40 Å². The van der Waals surface area contributed by atoms with Gasteiger partial charge in [-0.3, -0.25) is 0 Å². The van der Waals surface area contributed by atoms with Crippen LogP contribution < -0.4 is 0 Å². The number of rotatable bonds is 2. The highest BCUT2D eigenvalue weighted by molar-refractivity contribution is 6.24. The molecule has 0 atom stereocenters. The SMILES string of the molecule is ClC1(c2cccc(-c3ccc4ccccn34)c2)N=N1. The van der Waals surface area contributed by atoms with E-state index in [0.717, 1.165) is 16.8 Å². The first-order chi connectivity index (χ1) is 9.26. The lowest BCUT2D eigenvalue weighted by atomic mass is 10.1. The predicted octanol–water partition coefficient (Wildman–Crippen LogP) is 4.42. The second-order valence-electron chi connectivity index (χ2n) is 4.58. The summed E-state index contributed by atoms with van der Waals surface area (Å²) >= 11 is 6.18. The minimum atomic E-state index is -0.844. The third-order valence-corrected chi connectivity index (χ3v) is 3.73. The molecule has 0 N–H and O–H groups in total. The topological polar surface area (TPSA) is 29.1 Å². The molecular weight excluding hydrogens is 258 g/mol. The van der Waals surface area contributed by atoms with Crippen molar-refractivity contribution in [3.63, 3.8) is 0 Å². The van der Waals surface area contributed by atoms with Gasteiger partial charge in [0.2, 0.25) is 0 Å². The summed E-state index contributed by atoms with van der Waals surface area (Å²) < 4.78 is 2.15. The Morgan fingerprint density at radius 2 is 1.84 bits per heavy atom. The number of pyridine rings is 1. The fourth-order valence-corrected chi connectivity index (χ4v) is 2.48. The Morgan fingerprint density at radius 1 is 0.947 bits per heavy atom. The zero-order chi connectivity index (χ0) is 12.9. The molecule has 3 nitrogen and oxygen atoms in total. The van der Waals surface area contributed by atoms with Crippen molar-refractivity contribution in [2.45, 2.75) is 5.12 Å². The molecule has 19 heavy (non-hydrogen) atoms. The molecule has 0 saturated carbocycles. The molecule has 92 valence electrons. The molecule has 1 aliphatic rings. The second-order valence-corrected chi connectivity index (χ2v) is 5.11. The van der Waals surface area contributed by atoms with Crippen molar-refractivity contribution < 1.29 is 0 Å². The summed E-state index contributed by atoms with van der Waals surface area (Å²) in [5.74, 6) is 0. The lowest BCUT2D eigenvalue weighted by molar-refractivity contribution is 0.941.